The number of carbonyl (C=O) groups is 1. The predicted molar refractivity (Wildman–Crippen MR) is 163 cm³/mol. The fourth-order valence-electron chi connectivity index (χ4n) is 4.43. The first-order valence-corrected chi connectivity index (χ1v) is 13.9. The maximum atomic E-state index is 12.9. The number of nitriles is 1. The third kappa shape index (κ3) is 7.84. The van der Waals surface area contributed by atoms with Gasteiger partial charge >= 0.3 is 0 Å². The van der Waals surface area contributed by atoms with Gasteiger partial charge in [0, 0.05) is 22.1 Å². The SMILES string of the molecule is CCOc1cc(/C=C(\C#N)C(=O)Nc2ccc(OCc3ccccc3)cc2)cc(Br)c1Cc1cc(C)cc(C)c1. The van der Waals surface area contributed by atoms with Crippen molar-refractivity contribution in [1.29, 1.82) is 5.26 Å². The van der Waals surface area contributed by atoms with E-state index in [0.29, 0.717) is 42.4 Å². The molecule has 1 amide bonds. The van der Waals surface area contributed by atoms with Crippen LogP contribution in [0.4, 0.5) is 5.69 Å². The number of hydrogen-bond donors (Lipinski definition) is 1. The molecule has 0 unspecified atom stereocenters. The van der Waals surface area contributed by atoms with Gasteiger partial charge in [0.15, 0.2) is 0 Å². The van der Waals surface area contributed by atoms with Gasteiger partial charge in [-0.15, -0.1) is 0 Å². The summed E-state index contributed by atoms with van der Waals surface area (Å²) in [5, 5.41) is 12.6. The molecule has 5 nitrogen and oxygen atoms in total. The van der Waals surface area contributed by atoms with E-state index < -0.39 is 5.91 Å². The summed E-state index contributed by atoms with van der Waals surface area (Å²) in [6.07, 6.45) is 2.26. The maximum Gasteiger partial charge on any atom is 0.266 e. The Labute approximate surface area is 244 Å². The number of carbonyl (C=O) groups excluding carboxylic acids is 1. The quantitative estimate of drug-likeness (QED) is 0.148. The van der Waals surface area contributed by atoms with E-state index in [0.717, 1.165) is 15.6 Å². The van der Waals surface area contributed by atoms with Gasteiger partial charge in [0.25, 0.3) is 5.91 Å². The van der Waals surface area contributed by atoms with Crippen molar-refractivity contribution in [3.8, 4) is 17.6 Å². The molecule has 0 aromatic heterocycles. The molecule has 0 bridgehead atoms. The zero-order valence-corrected chi connectivity index (χ0v) is 24.4. The lowest BCUT2D eigenvalue weighted by molar-refractivity contribution is -0.112. The third-order valence-corrected chi connectivity index (χ3v) is 6.88. The average molecular weight is 596 g/mol. The van der Waals surface area contributed by atoms with Crippen molar-refractivity contribution in [2.24, 2.45) is 0 Å². The zero-order chi connectivity index (χ0) is 28.5. The summed E-state index contributed by atoms with van der Waals surface area (Å²) in [5.74, 6) is 0.909. The topological polar surface area (TPSA) is 71.3 Å². The molecule has 0 aliphatic rings. The molecule has 0 radical (unpaired) electrons. The summed E-state index contributed by atoms with van der Waals surface area (Å²) in [4.78, 5) is 12.9. The molecule has 0 heterocycles. The van der Waals surface area contributed by atoms with Crippen LogP contribution in [-0.4, -0.2) is 12.5 Å². The van der Waals surface area contributed by atoms with Gasteiger partial charge in [-0.3, -0.25) is 4.79 Å². The van der Waals surface area contributed by atoms with Crippen molar-refractivity contribution in [3.05, 3.63) is 128 Å². The van der Waals surface area contributed by atoms with E-state index in [1.807, 2.05) is 55.5 Å². The normalized spacial score (nSPS) is 11.0. The maximum absolute atomic E-state index is 12.9. The number of nitrogens with one attached hydrogen (secondary N) is 1. The second-order valence-electron chi connectivity index (χ2n) is 9.51. The van der Waals surface area contributed by atoms with Crippen molar-refractivity contribution in [3.63, 3.8) is 0 Å². The van der Waals surface area contributed by atoms with Gasteiger partial charge in [-0.1, -0.05) is 75.6 Å². The van der Waals surface area contributed by atoms with E-state index >= 15 is 0 Å². The molecule has 0 atom stereocenters. The van der Waals surface area contributed by atoms with Gasteiger partial charge in [-0.25, -0.2) is 0 Å². The van der Waals surface area contributed by atoms with Crippen LogP contribution >= 0.6 is 15.9 Å². The Morgan fingerprint density at radius 2 is 1.62 bits per heavy atom. The van der Waals surface area contributed by atoms with Gasteiger partial charge in [0.05, 0.1) is 6.61 Å². The Hall–Kier alpha value is -4.34. The average Bonchev–Trinajstić information content (AvgIpc) is 2.93. The highest BCUT2D eigenvalue weighted by Gasteiger charge is 2.15. The molecule has 0 aliphatic carbocycles. The molecule has 6 heteroatoms. The lowest BCUT2D eigenvalue weighted by Crippen LogP contribution is -2.13. The predicted octanol–water partition coefficient (Wildman–Crippen LogP) is 8.18. The number of nitrogens with zero attached hydrogens (tertiary/aromatic N) is 1. The minimum absolute atomic E-state index is 0.0131. The molecule has 4 rings (SSSR count). The minimum Gasteiger partial charge on any atom is -0.494 e. The highest BCUT2D eigenvalue weighted by Crippen LogP contribution is 2.33. The van der Waals surface area contributed by atoms with E-state index in [-0.39, 0.29) is 5.57 Å². The minimum atomic E-state index is -0.492. The first kappa shape index (κ1) is 28.7. The van der Waals surface area contributed by atoms with E-state index in [1.54, 1.807) is 30.3 Å². The molecule has 1 N–H and O–H groups in total. The number of amides is 1. The molecule has 0 saturated heterocycles. The number of halogens is 1. The Balaban J connectivity index is 1.48. The van der Waals surface area contributed by atoms with E-state index in [9.17, 15) is 10.1 Å². The number of anilines is 1. The Morgan fingerprint density at radius 1 is 0.925 bits per heavy atom. The Bertz CT molecular complexity index is 1530. The largest absolute Gasteiger partial charge is 0.494 e. The van der Waals surface area contributed by atoms with Crippen LogP contribution in [0.15, 0.2) is 95.0 Å². The van der Waals surface area contributed by atoms with Crippen molar-refractivity contribution >= 4 is 33.6 Å². The zero-order valence-electron chi connectivity index (χ0n) is 22.8. The number of rotatable bonds is 10. The summed E-state index contributed by atoms with van der Waals surface area (Å²) in [6.45, 7) is 7.06. The van der Waals surface area contributed by atoms with E-state index in [2.05, 4.69) is 53.3 Å². The third-order valence-electron chi connectivity index (χ3n) is 6.18. The van der Waals surface area contributed by atoms with E-state index in [4.69, 9.17) is 9.47 Å². The van der Waals surface area contributed by atoms with Crippen molar-refractivity contribution in [2.45, 2.75) is 33.8 Å². The van der Waals surface area contributed by atoms with Crippen LogP contribution in [0, 0.1) is 25.2 Å². The molecule has 0 fully saturated rings. The number of ether oxygens (including phenoxy) is 2. The van der Waals surface area contributed by atoms with Crippen LogP contribution in [-0.2, 0) is 17.8 Å². The summed E-state index contributed by atoms with van der Waals surface area (Å²) in [6, 6.07) is 29.3. The molecule has 4 aromatic rings. The van der Waals surface area contributed by atoms with Crippen molar-refractivity contribution in [2.75, 3.05) is 11.9 Å². The number of hydrogen-bond acceptors (Lipinski definition) is 4. The Kier molecular flexibility index (Phi) is 9.77. The first-order valence-electron chi connectivity index (χ1n) is 13.1. The number of aryl methyl sites for hydroxylation is 2. The lowest BCUT2D eigenvalue weighted by atomic mass is 9.98. The van der Waals surface area contributed by atoms with E-state index in [1.165, 1.54) is 16.7 Å². The fourth-order valence-corrected chi connectivity index (χ4v) is 5.03. The summed E-state index contributed by atoms with van der Waals surface area (Å²) in [5.41, 5.74) is 6.94. The monoisotopic (exact) mass is 594 g/mol. The second-order valence-corrected chi connectivity index (χ2v) is 10.4. The molecule has 0 spiro atoms. The molecule has 4 aromatic carbocycles. The molecular weight excluding hydrogens is 564 g/mol. The van der Waals surface area contributed by atoms with Crippen LogP contribution in [0.2, 0.25) is 0 Å². The molecule has 0 aliphatic heterocycles. The van der Waals surface area contributed by atoms with Crippen LogP contribution in [0.5, 0.6) is 11.5 Å². The van der Waals surface area contributed by atoms with Crippen molar-refractivity contribution < 1.29 is 14.3 Å². The highest BCUT2D eigenvalue weighted by molar-refractivity contribution is 9.10. The molecule has 0 saturated carbocycles. The van der Waals surface area contributed by atoms with Gasteiger partial charge in [0.1, 0.15) is 29.7 Å². The van der Waals surface area contributed by atoms with Crippen LogP contribution in [0.25, 0.3) is 6.08 Å². The molecule has 40 heavy (non-hydrogen) atoms. The molecule has 202 valence electrons. The first-order chi connectivity index (χ1) is 19.3. The molecular formula is C34H31BrN2O3. The summed E-state index contributed by atoms with van der Waals surface area (Å²) >= 11 is 3.69. The van der Waals surface area contributed by atoms with Crippen LogP contribution < -0.4 is 14.8 Å². The second kappa shape index (κ2) is 13.6. The van der Waals surface area contributed by atoms with Crippen LogP contribution in [0.3, 0.4) is 0 Å². The highest BCUT2D eigenvalue weighted by atomic mass is 79.9. The van der Waals surface area contributed by atoms with Gasteiger partial charge < -0.3 is 14.8 Å². The lowest BCUT2D eigenvalue weighted by Gasteiger charge is -2.15. The summed E-state index contributed by atoms with van der Waals surface area (Å²) < 4.78 is 12.6. The smallest absolute Gasteiger partial charge is 0.266 e. The van der Waals surface area contributed by atoms with Gasteiger partial charge in [-0.05, 0) is 79.9 Å². The number of benzene rings is 4. The Morgan fingerprint density at radius 3 is 2.27 bits per heavy atom. The standard InChI is InChI=1S/C34H31BrN2O3/c1-4-39-33-20-27(19-32(35)31(33)18-26-15-23(2)14-24(3)16-26)17-28(21-36)34(38)37-29-10-12-30(13-11-29)40-22-25-8-6-5-7-9-25/h5-17,19-20H,4,18,22H2,1-3H3,(H,37,38)/b28-17+. The van der Waals surface area contributed by atoms with Crippen LogP contribution in [0.1, 0.15) is 40.3 Å². The fraction of sp³-hybridized carbons (Fsp3) is 0.176. The van der Waals surface area contributed by atoms with Gasteiger partial charge in [0.2, 0.25) is 0 Å². The summed E-state index contributed by atoms with van der Waals surface area (Å²) in [7, 11) is 0. The van der Waals surface area contributed by atoms with Gasteiger partial charge in [-0.2, -0.15) is 5.26 Å². The van der Waals surface area contributed by atoms with Crippen molar-refractivity contribution in [1.82, 2.24) is 0 Å².